The molecule has 1 aromatic heterocycles. The maximum absolute atomic E-state index is 11.1. The lowest BCUT2D eigenvalue weighted by molar-refractivity contribution is -0.113. The summed E-state index contributed by atoms with van der Waals surface area (Å²) in [6, 6.07) is 9.06. The fourth-order valence-corrected chi connectivity index (χ4v) is 1.55. The molecule has 0 saturated heterocycles. The van der Waals surface area contributed by atoms with Gasteiger partial charge in [-0.25, -0.2) is 0 Å². The topological polar surface area (TPSA) is 57.8 Å². The molecule has 0 radical (unpaired) electrons. The first-order chi connectivity index (χ1) is 8.19. The van der Waals surface area contributed by atoms with Crippen molar-refractivity contribution in [3.05, 3.63) is 35.4 Å². The minimum atomic E-state index is -0.181. The van der Waals surface area contributed by atoms with E-state index in [-0.39, 0.29) is 11.7 Å². The van der Waals surface area contributed by atoms with E-state index in [9.17, 15) is 4.79 Å². The van der Waals surface area contributed by atoms with E-state index in [1.807, 2.05) is 12.1 Å². The number of amides is 1. The van der Waals surface area contributed by atoms with Crippen LogP contribution in [0.15, 0.2) is 30.3 Å². The van der Waals surface area contributed by atoms with Crippen LogP contribution in [0, 0.1) is 0 Å². The van der Waals surface area contributed by atoms with Gasteiger partial charge < -0.3 is 5.32 Å². The fraction of sp³-hybridized carbons (Fsp3) is 0.0909. The number of halogens is 1. The Hall–Kier alpha value is -1.46. The highest BCUT2D eigenvalue weighted by Crippen LogP contribution is 2.21. The van der Waals surface area contributed by atoms with Crippen LogP contribution >= 0.6 is 24.2 Å². The van der Waals surface area contributed by atoms with Crippen molar-refractivity contribution in [1.82, 2.24) is 10.2 Å². The van der Waals surface area contributed by atoms with Gasteiger partial charge in [0.05, 0.1) is 11.4 Å². The molecule has 6 heteroatoms. The minimum absolute atomic E-state index is 0.134. The van der Waals surface area contributed by atoms with Crippen LogP contribution in [0.4, 0.5) is 5.82 Å². The molecule has 0 atom stereocenters. The van der Waals surface area contributed by atoms with Gasteiger partial charge in [-0.2, -0.15) is 17.7 Å². The fourth-order valence-electron chi connectivity index (χ4n) is 1.34. The number of benzene rings is 1. The summed E-state index contributed by atoms with van der Waals surface area (Å²) in [7, 11) is 0. The van der Waals surface area contributed by atoms with Crippen LogP contribution in [0.25, 0.3) is 11.3 Å². The summed E-state index contributed by atoms with van der Waals surface area (Å²) >= 11 is 9.67. The number of thiol groups is 1. The zero-order chi connectivity index (χ0) is 12.3. The van der Waals surface area contributed by atoms with Gasteiger partial charge in [-0.05, 0) is 12.1 Å². The molecule has 0 aliphatic rings. The first-order valence-corrected chi connectivity index (χ1v) is 5.92. The van der Waals surface area contributed by atoms with E-state index in [1.54, 1.807) is 18.2 Å². The van der Waals surface area contributed by atoms with Gasteiger partial charge in [0.2, 0.25) is 5.91 Å². The number of nitrogens with zero attached hydrogens (tertiary/aromatic N) is 1. The lowest BCUT2D eigenvalue weighted by Crippen LogP contribution is -2.12. The molecule has 0 aliphatic heterocycles. The zero-order valence-corrected chi connectivity index (χ0v) is 10.4. The van der Waals surface area contributed by atoms with Crippen LogP contribution in [0.1, 0.15) is 0 Å². The van der Waals surface area contributed by atoms with Crippen LogP contribution in [-0.2, 0) is 4.79 Å². The summed E-state index contributed by atoms with van der Waals surface area (Å²) < 4.78 is 0. The van der Waals surface area contributed by atoms with E-state index in [4.69, 9.17) is 11.6 Å². The van der Waals surface area contributed by atoms with Crippen molar-refractivity contribution in [1.29, 1.82) is 0 Å². The van der Waals surface area contributed by atoms with Gasteiger partial charge in [0, 0.05) is 16.7 Å². The SMILES string of the molecule is O=C(CS)Nc1cc(-c2ccc(Cl)cc2)n[nH]1. The average molecular weight is 268 g/mol. The number of rotatable bonds is 3. The van der Waals surface area contributed by atoms with Crippen LogP contribution in [0.5, 0.6) is 0 Å². The number of H-pyrrole nitrogens is 1. The van der Waals surface area contributed by atoms with Gasteiger partial charge in [0.15, 0.2) is 0 Å². The number of hydrogen-bond donors (Lipinski definition) is 3. The van der Waals surface area contributed by atoms with E-state index >= 15 is 0 Å². The lowest BCUT2D eigenvalue weighted by Gasteiger charge is -1.97. The predicted octanol–water partition coefficient (Wildman–Crippen LogP) is 2.60. The van der Waals surface area contributed by atoms with Crippen molar-refractivity contribution in [2.24, 2.45) is 0 Å². The Kier molecular flexibility index (Phi) is 3.71. The molecule has 2 aromatic rings. The lowest BCUT2D eigenvalue weighted by atomic mass is 10.1. The number of hydrogen-bond acceptors (Lipinski definition) is 3. The van der Waals surface area contributed by atoms with Crippen LogP contribution in [0.2, 0.25) is 5.02 Å². The monoisotopic (exact) mass is 267 g/mol. The third-order valence-electron chi connectivity index (χ3n) is 2.14. The molecule has 1 amide bonds. The summed E-state index contributed by atoms with van der Waals surface area (Å²) in [4.78, 5) is 11.1. The zero-order valence-electron chi connectivity index (χ0n) is 8.77. The van der Waals surface area contributed by atoms with E-state index in [0.29, 0.717) is 10.8 Å². The Morgan fingerprint density at radius 3 is 2.76 bits per heavy atom. The van der Waals surface area contributed by atoms with E-state index in [1.165, 1.54) is 0 Å². The molecule has 0 unspecified atom stereocenters. The van der Waals surface area contributed by atoms with Crippen molar-refractivity contribution in [2.45, 2.75) is 0 Å². The van der Waals surface area contributed by atoms with Gasteiger partial charge >= 0.3 is 0 Å². The highest BCUT2D eigenvalue weighted by molar-refractivity contribution is 7.81. The van der Waals surface area contributed by atoms with Crippen molar-refractivity contribution in [3.63, 3.8) is 0 Å². The quantitative estimate of drug-likeness (QED) is 0.749. The highest BCUT2D eigenvalue weighted by Gasteiger charge is 2.05. The highest BCUT2D eigenvalue weighted by atomic mass is 35.5. The normalized spacial score (nSPS) is 10.2. The van der Waals surface area contributed by atoms with Crippen molar-refractivity contribution in [3.8, 4) is 11.3 Å². The van der Waals surface area contributed by atoms with Crippen LogP contribution < -0.4 is 5.32 Å². The second-order valence-electron chi connectivity index (χ2n) is 3.38. The summed E-state index contributed by atoms with van der Waals surface area (Å²) in [5.41, 5.74) is 1.67. The summed E-state index contributed by atoms with van der Waals surface area (Å²) in [5.74, 6) is 0.503. The van der Waals surface area contributed by atoms with Gasteiger partial charge in [-0.1, -0.05) is 23.7 Å². The molecule has 0 aliphatic carbocycles. The summed E-state index contributed by atoms with van der Waals surface area (Å²) in [5, 5.41) is 10.1. The minimum Gasteiger partial charge on any atom is -0.310 e. The molecular formula is C11H10ClN3OS. The molecule has 1 heterocycles. The van der Waals surface area contributed by atoms with Crippen LogP contribution in [-0.4, -0.2) is 21.9 Å². The third kappa shape index (κ3) is 3.01. The summed E-state index contributed by atoms with van der Waals surface area (Å²) in [6.45, 7) is 0. The average Bonchev–Trinajstić information content (AvgIpc) is 2.78. The molecule has 88 valence electrons. The predicted molar refractivity (Wildman–Crippen MR) is 71.5 cm³/mol. The van der Waals surface area contributed by atoms with Gasteiger partial charge in [0.1, 0.15) is 5.82 Å². The third-order valence-corrected chi connectivity index (χ3v) is 2.67. The number of aromatic amines is 1. The maximum Gasteiger partial charge on any atom is 0.235 e. The second-order valence-corrected chi connectivity index (χ2v) is 4.13. The number of anilines is 1. The van der Waals surface area contributed by atoms with Gasteiger partial charge in [-0.3, -0.25) is 9.89 Å². The first kappa shape index (κ1) is 12.0. The largest absolute Gasteiger partial charge is 0.310 e. The Morgan fingerprint density at radius 1 is 1.41 bits per heavy atom. The molecule has 2 rings (SSSR count). The standard InChI is InChI=1S/C11H10ClN3OS/c12-8-3-1-7(2-4-8)9-5-10(15-14-9)13-11(16)6-17/h1-5,17H,6H2,(H2,13,14,15,16). The van der Waals surface area contributed by atoms with E-state index in [2.05, 4.69) is 28.1 Å². The number of aromatic nitrogens is 2. The van der Waals surface area contributed by atoms with Crippen LogP contribution in [0.3, 0.4) is 0 Å². The molecule has 0 fully saturated rings. The van der Waals surface area contributed by atoms with Gasteiger partial charge in [-0.15, -0.1) is 0 Å². The number of nitrogens with one attached hydrogen (secondary N) is 2. The molecule has 4 nitrogen and oxygen atoms in total. The van der Waals surface area contributed by atoms with E-state index in [0.717, 1.165) is 11.3 Å². The maximum atomic E-state index is 11.1. The Labute approximate surface area is 109 Å². The molecule has 2 N–H and O–H groups in total. The van der Waals surface area contributed by atoms with Crippen molar-refractivity contribution in [2.75, 3.05) is 11.1 Å². The Morgan fingerprint density at radius 2 is 2.12 bits per heavy atom. The van der Waals surface area contributed by atoms with Crippen molar-refractivity contribution < 1.29 is 4.79 Å². The molecule has 0 bridgehead atoms. The molecule has 1 aromatic carbocycles. The Bertz CT molecular complexity index is 524. The Balaban J connectivity index is 2.18. The molecule has 0 spiro atoms. The second kappa shape index (κ2) is 5.25. The van der Waals surface area contributed by atoms with Gasteiger partial charge in [0.25, 0.3) is 0 Å². The molecule has 17 heavy (non-hydrogen) atoms. The number of carbonyl (C=O) groups excluding carboxylic acids is 1. The summed E-state index contributed by atoms with van der Waals surface area (Å²) in [6.07, 6.45) is 0. The van der Waals surface area contributed by atoms with Crippen molar-refractivity contribution >= 4 is 36.0 Å². The first-order valence-electron chi connectivity index (χ1n) is 4.91. The number of carbonyl (C=O) groups is 1. The smallest absolute Gasteiger partial charge is 0.235 e. The van der Waals surface area contributed by atoms with E-state index < -0.39 is 0 Å². The molecule has 0 saturated carbocycles. The molecular weight excluding hydrogens is 258 g/mol.